The number of hydrogen-bond donors (Lipinski definition) is 0. The van der Waals surface area contributed by atoms with Crippen molar-refractivity contribution >= 4 is 12.3 Å². The van der Waals surface area contributed by atoms with Crippen LogP contribution in [-0.4, -0.2) is 50.6 Å². The molecule has 0 radical (unpaired) electrons. The number of aliphatic carboxylic acids is 1. The van der Waals surface area contributed by atoms with Crippen LogP contribution < -0.4 is 5.11 Å². The maximum atomic E-state index is 10.5. The maximum Gasteiger partial charge on any atom is 0.430 e. The van der Waals surface area contributed by atoms with Gasteiger partial charge in [0, 0.05) is 6.42 Å². The Balaban J connectivity index is 0. The van der Waals surface area contributed by atoms with Crippen molar-refractivity contribution in [2.24, 2.45) is 0 Å². The van der Waals surface area contributed by atoms with E-state index in [1.807, 2.05) is 0 Å². The lowest BCUT2D eigenvalue weighted by atomic mass is 10.2. The van der Waals surface area contributed by atoms with Gasteiger partial charge in [-0.2, -0.15) is 13.2 Å². The minimum Gasteiger partial charge on any atom is -0.542 e. The number of carbonyl (C=O) groups excluding carboxylic acids is 2. The van der Waals surface area contributed by atoms with E-state index in [4.69, 9.17) is 9.90 Å². The summed E-state index contributed by atoms with van der Waals surface area (Å²) in [4.78, 5) is 18.7. The number of halogens is 3. The van der Waals surface area contributed by atoms with Gasteiger partial charge in [0.05, 0.1) is 27.7 Å². The van der Waals surface area contributed by atoms with Crippen molar-refractivity contribution in [3.05, 3.63) is 0 Å². The third kappa shape index (κ3) is 17.3. The third-order valence-corrected chi connectivity index (χ3v) is 1.88. The van der Waals surface area contributed by atoms with Crippen LogP contribution in [0.4, 0.5) is 13.2 Å². The molecule has 0 rings (SSSR count). The number of unbranched alkanes of at least 4 members (excludes halogenated alkanes) is 3. The lowest BCUT2D eigenvalue weighted by Crippen LogP contribution is -2.37. The van der Waals surface area contributed by atoms with E-state index in [2.05, 4.69) is 21.1 Å². The largest absolute Gasteiger partial charge is 0.542 e. The molecular weight excluding hydrogens is 251 g/mol. The number of aldehydes is 1. The normalized spacial score (nSPS) is 11.4. The van der Waals surface area contributed by atoms with Crippen LogP contribution in [0, 0.1) is 0 Å². The highest BCUT2D eigenvalue weighted by atomic mass is 19.4. The van der Waals surface area contributed by atoms with Gasteiger partial charge in [0.15, 0.2) is 0 Å². The number of nitrogens with zero attached hydrogens (tertiary/aromatic N) is 1. The zero-order chi connectivity index (χ0) is 14.8. The highest BCUT2D eigenvalue weighted by Crippen LogP contribution is 2.11. The second-order valence-corrected chi connectivity index (χ2v) is 4.82. The molecule has 0 atom stereocenters. The topological polar surface area (TPSA) is 57.2 Å². The van der Waals surface area contributed by atoms with Crippen molar-refractivity contribution in [2.75, 3.05) is 27.7 Å². The predicted molar refractivity (Wildman–Crippen MR) is 58.5 cm³/mol. The van der Waals surface area contributed by atoms with E-state index in [0.717, 1.165) is 23.6 Å². The standard InChI is InChI=1S/C9H20NO.C2HF3O2/c1-10(2,3)8-6-4-5-7-9-11;3-2(4,5)1(6)7/h9H,4-8H2,1-3H3;(H,6,7)/q+1;/p-1. The van der Waals surface area contributed by atoms with Gasteiger partial charge in [-0.15, -0.1) is 0 Å². The van der Waals surface area contributed by atoms with Crippen molar-refractivity contribution in [1.82, 2.24) is 0 Å². The third-order valence-electron chi connectivity index (χ3n) is 1.88. The van der Waals surface area contributed by atoms with E-state index in [9.17, 15) is 18.0 Å². The Kier molecular flexibility index (Phi) is 9.52. The molecule has 0 unspecified atom stereocenters. The van der Waals surface area contributed by atoms with E-state index >= 15 is 0 Å². The molecule has 0 aliphatic heterocycles. The first-order chi connectivity index (χ1) is 8.00. The summed E-state index contributed by atoms with van der Waals surface area (Å²) in [6.45, 7) is 1.21. The van der Waals surface area contributed by atoms with Crippen LogP contribution in [-0.2, 0) is 9.59 Å². The molecule has 0 amide bonds. The van der Waals surface area contributed by atoms with Gasteiger partial charge in [-0.3, -0.25) is 0 Å². The smallest absolute Gasteiger partial charge is 0.430 e. The van der Waals surface area contributed by atoms with Gasteiger partial charge in [-0.1, -0.05) is 0 Å². The molecule has 0 heterocycles. The lowest BCUT2D eigenvalue weighted by Gasteiger charge is -2.23. The van der Waals surface area contributed by atoms with E-state index < -0.39 is 12.1 Å². The monoisotopic (exact) mass is 271 g/mol. The molecule has 7 heteroatoms. The molecule has 0 bridgehead atoms. The number of quaternary nitrogens is 1. The van der Waals surface area contributed by atoms with Crippen LogP contribution in [0.1, 0.15) is 25.7 Å². The summed E-state index contributed by atoms with van der Waals surface area (Å²) < 4.78 is 32.6. The Bertz CT molecular complexity index is 247. The molecular formula is C11H20F3NO3. The highest BCUT2D eigenvalue weighted by molar-refractivity contribution is 5.70. The molecule has 4 nitrogen and oxygen atoms in total. The SMILES string of the molecule is C[N+](C)(C)CCCCCC=O.O=C([O-])C(F)(F)F. The van der Waals surface area contributed by atoms with Crippen LogP contribution in [0.15, 0.2) is 0 Å². The van der Waals surface area contributed by atoms with Crippen LogP contribution in [0.3, 0.4) is 0 Å². The summed E-state index contributed by atoms with van der Waals surface area (Å²) in [5, 5.41) is 8.78. The van der Waals surface area contributed by atoms with E-state index in [-0.39, 0.29) is 0 Å². The zero-order valence-electron chi connectivity index (χ0n) is 10.9. The molecule has 0 saturated heterocycles. The van der Waals surface area contributed by atoms with Gasteiger partial charge < -0.3 is 19.2 Å². The first kappa shape index (κ1) is 19.2. The number of carboxylic acid groups (broad SMARTS) is 1. The van der Waals surface area contributed by atoms with Crippen LogP contribution in [0.5, 0.6) is 0 Å². The molecule has 0 spiro atoms. The molecule has 0 aromatic carbocycles. The minimum atomic E-state index is -5.19. The number of carboxylic acids is 1. The second kappa shape index (κ2) is 8.91. The Hall–Kier alpha value is -1.11. The summed E-state index contributed by atoms with van der Waals surface area (Å²) in [7, 11) is 6.58. The van der Waals surface area contributed by atoms with Crippen molar-refractivity contribution in [2.45, 2.75) is 31.9 Å². The van der Waals surface area contributed by atoms with Crippen molar-refractivity contribution in [1.29, 1.82) is 0 Å². The van der Waals surface area contributed by atoms with Crippen LogP contribution in [0.25, 0.3) is 0 Å². The average Bonchev–Trinajstić information content (AvgIpc) is 2.15. The lowest BCUT2D eigenvalue weighted by molar-refractivity contribution is -0.870. The number of alkyl halides is 3. The predicted octanol–water partition coefficient (Wildman–Crippen LogP) is 0.750. The maximum absolute atomic E-state index is 10.5. The van der Waals surface area contributed by atoms with Gasteiger partial charge in [0.2, 0.25) is 0 Å². The van der Waals surface area contributed by atoms with Gasteiger partial charge in [0.25, 0.3) is 0 Å². The molecule has 0 N–H and O–H groups in total. The summed E-state index contributed by atoms with van der Waals surface area (Å²) in [5.41, 5.74) is 0. The quantitative estimate of drug-likeness (QED) is 0.407. The molecule has 0 fully saturated rings. The molecule has 0 aliphatic carbocycles. The van der Waals surface area contributed by atoms with Gasteiger partial charge in [0.1, 0.15) is 12.3 Å². The molecule has 108 valence electrons. The molecule has 0 aromatic heterocycles. The Morgan fingerprint density at radius 2 is 1.61 bits per heavy atom. The fourth-order valence-corrected chi connectivity index (χ4v) is 0.991. The summed E-state index contributed by atoms with van der Waals surface area (Å²) >= 11 is 0. The number of carbonyl (C=O) groups is 2. The van der Waals surface area contributed by atoms with Gasteiger partial charge in [-0.05, 0) is 19.3 Å². The Morgan fingerprint density at radius 3 is 1.89 bits per heavy atom. The minimum absolute atomic E-state index is 0.733. The van der Waals surface area contributed by atoms with E-state index in [1.54, 1.807) is 0 Å². The van der Waals surface area contributed by atoms with E-state index in [1.165, 1.54) is 19.4 Å². The van der Waals surface area contributed by atoms with Crippen LogP contribution >= 0.6 is 0 Å². The Morgan fingerprint density at radius 1 is 1.17 bits per heavy atom. The molecule has 18 heavy (non-hydrogen) atoms. The first-order valence-corrected chi connectivity index (χ1v) is 5.53. The van der Waals surface area contributed by atoms with Gasteiger partial charge >= 0.3 is 6.18 Å². The second-order valence-electron chi connectivity index (χ2n) is 4.82. The fraction of sp³-hybridized carbons (Fsp3) is 0.818. The highest BCUT2D eigenvalue weighted by Gasteiger charge is 2.28. The summed E-state index contributed by atoms with van der Waals surface area (Å²) in [5.74, 6) is -3.01. The molecule has 0 aromatic rings. The molecule has 0 saturated carbocycles. The average molecular weight is 271 g/mol. The number of rotatable bonds is 6. The van der Waals surface area contributed by atoms with Crippen molar-refractivity contribution < 1.29 is 32.3 Å². The van der Waals surface area contributed by atoms with E-state index in [0.29, 0.717) is 0 Å². The van der Waals surface area contributed by atoms with Gasteiger partial charge in [-0.25, -0.2) is 0 Å². The molecule has 0 aliphatic rings. The zero-order valence-corrected chi connectivity index (χ0v) is 10.9. The van der Waals surface area contributed by atoms with Crippen molar-refractivity contribution in [3.63, 3.8) is 0 Å². The van der Waals surface area contributed by atoms with Crippen LogP contribution in [0.2, 0.25) is 0 Å². The Labute approximate surface area is 105 Å². The summed E-state index contributed by atoms with van der Waals surface area (Å²) in [6, 6.07) is 0. The van der Waals surface area contributed by atoms with Crippen molar-refractivity contribution in [3.8, 4) is 0 Å². The summed E-state index contributed by atoms with van der Waals surface area (Å²) in [6.07, 6.45) is 0.0260. The number of hydrogen-bond acceptors (Lipinski definition) is 3. The fourth-order valence-electron chi connectivity index (χ4n) is 0.991. The first-order valence-electron chi connectivity index (χ1n) is 5.53.